The highest BCUT2D eigenvalue weighted by atomic mass is 16.5. The molecule has 2 aromatic rings. The Bertz CT molecular complexity index is 1090. The van der Waals surface area contributed by atoms with Gasteiger partial charge in [-0.05, 0) is 67.3 Å². The lowest BCUT2D eigenvalue weighted by Gasteiger charge is -2.47. The van der Waals surface area contributed by atoms with Crippen LogP contribution >= 0.6 is 0 Å². The van der Waals surface area contributed by atoms with Gasteiger partial charge in [0.1, 0.15) is 5.60 Å². The molecule has 1 spiro atoms. The standard InChI is InChI=1S/C28H36N4O3/c1-18(2)10-22-12-23-25(14-28(8-5-9-28)35-27(23)31-16-22)30-17-26(34)24(32-19(3)33)13-20-6-4-7-21(11-20)15-29/h4,6-7,11-12,16,18,24-26,30,34H,5,8-10,13-14,17H2,1-3H3,(H,32,33)/t24-,25-,26-/m0/s1. The summed E-state index contributed by atoms with van der Waals surface area (Å²) in [5.74, 6) is 1.03. The van der Waals surface area contributed by atoms with E-state index in [2.05, 4.69) is 41.6 Å². The van der Waals surface area contributed by atoms with Gasteiger partial charge in [-0.15, -0.1) is 0 Å². The van der Waals surface area contributed by atoms with Gasteiger partial charge in [0.25, 0.3) is 0 Å². The van der Waals surface area contributed by atoms with E-state index in [1.54, 1.807) is 12.1 Å². The number of nitrogens with zero attached hydrogens (tertiary/aromatic N) is 2. The maximum atomic E-state index is 11.9. The average molecular weight is 477 g/mol. The van der Waals surface area contributed by atoms with E-state index in [-0.39, 0.29) is 17.6 Å². The summed E-state index contributed by atoms with van der Waals surface area (Å²) in [5.41, 5.74) is 3.52. The molecule has 1 aliphatic heterocycles. The van der Waals surface area contributed by atoms with Gasteiger partial charge in [-0.25, -0.2) is 4.98 Å². The summed E-state index contributed by atoms with van der Waals surface area (Å²) in [6.45, 7) is 6.16. The van der Waals surface area contributed by atoms with Crippen LogP contribution in [0.5, 0.6) is 5.88 Å². The highest BCUT2D eigenvalue weighted by Gasteiger charge is 2.46. The minimum absolute atomic E-state index is 0.0215. The van der Waals surface area contributed by atoms with Gasteiger partial charge < -0.3 is 20.5 Å². The zero-order chi connectivity index (χ0) is 25.0. The largest absolute Gasteiger partial charge is 0.471 e. The van der Waals surface area contributed by atoms with Gasteiger partial charge in [0.2, 0.25) is 11.8 Å². The summed E-state index contributed by atoms with van der Waals surface area (Å²) in [4.78, 5) is 16.5. The molecule has 3 atom stereocenters. The molecule has 35 heavy (non-hydrogen) atoms. The first-order valence-corrected chi connectivity index (χ1v) is 12.6. The van der Waals surface area contributed by atoms with Crippen LogP contribution in [-0.2, 0) is 17.6 Å². The molecule has 1 amide bonds. The fourth-order valence-electron chi connectivity index (χ4n) is 5.19. The number of hydrogen-bond acceptors (Lipinski definition) is 6. The van der Waals surface area contributed by atoms with E-state index in [0.29, 0.717) is 30.3 Å². The van der Waals surface area contributed by atoms with Crippen molar-refractivity contribution in [3.63, 3.8) is 0 Å². The monoisotopic (exact) mass is 476 g/mol. The maximum Gasteiger partial charge on any atom is 0.218 e. The molecular formula is C28H36N4O3. The van der Waals surface area contributed by atoms with Crippen LogP contribution in [-0.4, -0.2) is 40.3 Å². The molecule has 0 bridgehead atoms. The van der Waals surface area contributed by atoms with Crippen molar-refractivity contribution in [2.24, 2.45) is 5.92 Å². The van der Waals surface area contributed by atoms with Crippen LogP contribution in [0.3, 0.4) is 0 Å². The third-order valence-corrected chi connectivity index (χ3v) is 7.05. The van der Waals surface area contributed by atoms with Crippen LogP contribution in [0, 0.1) is 17.2 Å². The molecule has 1 saturated carbocycles. The number of amides is 1. The first-order chi connectivity index (χ1) is 16.8. The number of carbonyl (C=O) groups excluding carboxylic acids is 1. The predicted molar refractivity (Wildman–Crippen MR) is 134 cm³/mol. The van der Waals surface area contributed by atoms with E-state index in [1.165, 1.54) is 12.5 Å². The normalized spacial score (nSPS) is 19.7. The Kier molecular flexibility index (Phi) is 7.73. The van der Waals surface area contributed by atoms with Crippen LogP contribution < -0.4 is 15.4 Å². The molecule has 186 valence electrons. The summed E-state index contributed by atoms with van der Waals surface area (Å²) in [6, 6.07) is 11.2. The number of aliphatic hydroxyl groups excluding tert-OH is 1. The van der Waals surface area contributed by atoms with Gasteiger partial charge >= 0.3 is 0 Å². The zero-order valence-corrected chi connectivity index (χ0v) is 20.9. The van der Waals surface area contributed by atoms with Crippen molar-refractivity contribution in [2.75, 3.05) is 6.54 Å². The minimum atomic E-state index is -0.805. The Morgan fingerprint density at radius 3 is 2.74 bits per heavy atom. The molecule has 0 saturated heterocycles. The predicted octanol–water partition coefficient (Wildman–Crippen LogP) is 3.60. The number of rotatable bonds is 9. The number of fused-ring (bicyclic) bond motifs is 1. The van der Waals surface area contributed by atoms with Gasteiger partial charge in [0, 0.05) is 37.7 Å². The molecule has 2 heterocycles. The molecule has 2 aliphatic rings. The third kappa shape index (κ3) is 6.19. The van der Waals surface area contributed by atoms with Crippen LogP contribution in [0.15, 0.2) is 36.5 Å². The molecule has 7 nitrogen and oxygen atoms in total. The molecule has 1 aromatic carbocycles. The molecule has 1 fully saturated rings. The fraction of sp³-hybridized carbons (Fsp3) is 0.536. The van der Waals surface area contributed by atoms with Crippen molar-refractivity contribution in [2.45, 2.75) is 83.1 Å². The van der Waals surface area contributed by atoms with Gasteiger partial charge in [0.15, 0.2) is 0 Å². The van der Waals surface area contributed by atoms with Gasteiger partial charge in [-0.2, -0.15) is 5.26 Å². The molecule has 0 unspecified atom stereocenters. The maximum absolute atomic E-state index is 11.9. The number of nitriles is 1. The number of pyridine rings is 1. The van der Waals surface area contributed by atoms with Crippen LogP contribution in [0.1, 0.15) is 74.8 Å². The van der Waals surface area contributed by atoms with Crippen LogP contribution in [0.4, 0.5) is 0 Å². The quantitative estimate of drug-likeness (QED) is 0.511. The van der Waals surface area contributed by atoms with E-state index in [9.17, 15) is 15.2 Å². The topological polar surface area (TPSA) is 107 Å². The number of nitrogens with one attached hydrogen (secondary N) is 2. The first kappa shape index (κ1) is 25.2. The number of aromatic nitrogens is 1. The molecule has 1 aromatic heterocycles. The molecule has 1 aliphatic carbocycles. The SMILES string of the molecule is CC(=O)N[C@@H](Cc1cccc(C#N)c1)[C@@H](O)CN[C@H]1CC2(CCC2)Oc2ncc(CC(C)C)cc21. The van der Waals surface area contributed by atoms with E-state index in [1.807, 2.05) is 18.3 Å². The van der Waals surface area contributed by atoms with Crippen molar-refractivity contribution in [1.29, 1.82) is 5.26 Å². The number of ether oxygens (including phenoxy) is 1. The number of benzene rings is 1. The average Bonchev–Trinajstić information content (AvgIpc) is 2.80. The highest BCUT2D eigenvalue weighted by Crippen LogP contribution is 2.48. The Hall–Kier alpha value is -2.95. The lowest BCUT2D eigenvalue weighted by molar-refractivity contribution is -0.120. The fourth-order valence-corrected chi connectivity index (χ4v) is 5.19. The van der Waals surface area contributed by atoms with Crippen molar-refractivity contribution < 1.29 is 14.6 Å². The van der Waals surface area contributed by atoms with Crippen molar-refractivity contribution >= 4 is 5.91 Å². The van der Waals surface area contributed by atoms with Crippen molar-refractivity contribution in [1.82, 2.24) is 15.6 Å². The van der Waals surface area contributed by atoms with E-state index in [0.717, 1.165) is 43.2 Å². The Labute approximate surface area is 207 Å². The van der Waals surface area contributed by atoms with Crippen LogP contribution in [0.2, 0.25) is 0 Å². The minimum Gasteiger partial charge on any atom is -0.471 e. The van der Waals surface area contributed by atoms with Gasteiger partial charge in [-0.1, -0.05) is 26.0 Å². The smallest absolute Gasteiger partial charge is 0.218 e. The van der Waals surface area contributed by atoms with E-state index >= 15 is 0 Å². The van der Waals surface area contributed by atoms with Crippen molar-refractivity contribution in [3.05, 3.63) is 58.8 Å². The zero-order valence-electron chi connectivity index (χ0n) is 20.9. The second-order valence-corrected chi connectivity index (χ2v) is 10.5. The number of hydrogen-bond donors (Lipinski definition) is 3. The third-order valence-electron chi connectivity index (χ3n) is 7.05. The van der Waals surface area contributed by atoms with Crippen LogP contribution in [0.25, 0.3) is 0 Å². The summed E-state index contributed by atoms with van der Waals surface area (Å²) in [6.07, 6.45) is 6.54. The lowest BCUT2D eigenvalue weighted by atomic mass is 9.73. The first-order valence-electron chi connectivity index (χ1n) is 12.6. The van der Waals surface area contributed by atoms with Gasteiger partial charge in [-0.3, -0.25) is 4.79 Å². The molecular weight excluding hydrogens is 440 g/mol. The summed E-state index contributed by atoms with van der Waals surface area (Å²) in [5, 5.41) is 26.8. The van der Waals surface area contributed by atoms with Gasteiger partial charge in [0.05, 0.1) is 23.8 Å². The summed E-state index contributed by atoms with van der Waals surface area (Å²) >= 11 is 0. The van der Waals surface area contributed by atoms with E-state index in [4.69, 9.17) is 4.74 Å². The molecule has 0 radical (unpaired) electrons. The number of aliphatic hydroxyl groups is 1. The molecule has 7 heteroatoms. The summed E-state index contributed by atoms with van der Waals surface area (Å²) in [7, 11) is 0. The molecule has 3 N–H and O–H groups in total. The number of carbonyl (C=O) groups is 1. The lowest BCUT2D eigenvalue weighted by Crippen LogP contribution is -2.52. The Morgan fingerprint density at radius 1 is 1.29 bits per heavy atom. The second kappa shape index (κ2) is 10.8. The highest BCUT2D eigenvalue weighted by molar-refractivity contribution is 5.73. The molecule has 4 rings (SSSR count). The Morgan fingerprint density at radius 2 is 2.09 bits per heavy atom. The Balaban J connectivity index is 1.49. The summed E-state index contributed by atoms with van der Waals surface area (Å²) < 4.78 is 6.36. The second-order valence-electron chi connectivity index (χ2n) is 10.5. The van der Waals surface area contributed by atoms with Crippen molar-refractivity contribution in [3.8, 4) is 11.9 Å². The van der Waals surface area contributed by atoms with E-state index < -0.39 is 12.1 Å².